The number of hydrogen-bond acceptors (Lipinski definition) is 6. The van der Waals surface area contributed by atoms with Crippen LogP contribution in [0.5, 0.6) is 0 Å². The molecular formula is C30H25ClFN5O. The number of hydrogen-bond donors (Lipinski definition) is 1. The third-order valence-corrected chi connectivity index (χ3v) is 6.88. The molecule has 6 rings (SSSR count). The molecular weight excluding hydrogens is 501 g/mol. The first-order valence-corrected chi connectivity index (χ1v) is 12.8. The first kappa shape index (κ1) is 24.4. The van der Waals surface area contributed by atoms with Gasteiger partial charge in [-0.15, -0.1) is 0 Å². The molecule has 0 saturated carbocycles. The summed E-state index contributed by atoms with van der Waals surface area (Å²) in [6.45, 7) is 4.42. The summed E-state index contributed by atoms with van der Waals surface area (Å²) in [6.07, 6.45) is 3.44. The number of fused-ring (bicyclic) bond motifs is 1. The van der Waals surface area contributed by atoms with E-state index in [2.05, 4.69) is 51.6 Å². The number of rotatable bonds is 6. The summed E-state index contributed by atoms with van der Waals surface area (Å²) in [6, 6.07) is 23.1. The molecule has 8 heteroatoms. The van der Waals surface area contributed by atoms with Gasteiger partial charge in [0.05, 0.1) is 23.8 Å². The molecule has 2 aromatic heterocycles. The predicted octanol–water partition coefficient (Wildman–Crippen LogP) is 6.73. The maximum atomic E-state index is 13.8. The molecule has 3 heterocycles. The Morgan fingerprint density at radius 2 is 1.71 bits per heavy atom. The summed E-state index contributed by atoms with van der Waals surface area (Å²) >= 11 is 6.04. The van der Waals surface area contributed by atoms with Gasteiger partial charge < -0.3 is 10.1 Å². The third-order valence-electron chi connectivity index (χ3n) is 6.59. The molecule has 3 aromatic carbocycles. The van der Waals surface area contributed by atoms with E-state index in [0.29, 0.717) is 17.3 Å². The minimum absolute atomic E-state index is 0.0405. The fourth-order valence-corrected chi connectivity index (χ4v) is 4.74. The summed E-state index contributed by atoms with van der Waals surface area (Å²) in [5.74, 6) is 0.670. The molecule has 0 atom stereocenters. The van der Waals surface area contributed by atoms with Crippen LogP contribution in [0.25, 0.3) is 33.4 Å². The second-order valence-electron chi connectivity index (χ2n) is 9.21. The van der Waals surface area contributed by atoms with Crippen molar-refractivity contribution in [2.45, 2.75) is 6.54 Å². The minimum atomic E-state index is -0.472. The molecule has 1 aliphatic rings. The van der Waals surface area contributed by atoms with Gasteiger partial charge in [0.25, 0.3) is 0 Å². The SMILES string of the molecule is Fc1ccc(Nc2nc(-c3cccnc3)nc3ccc(-c4ccc(CN5CCOCC5)cc4)cc23)cc1Cl. The van der Waals surface area contributed by atoms with Crippen molar-refractivity contribution in [2.24, 2.45) is 0 Å². The van der Waals surface area contributed by atoms with Crippen LogP contribution in [0, 0.1) is 5.82 Å². The van der Waals surface area contributed by atoms with Crippen molar-refractivity contribution in [3.05, 3.63) is 102 Å². The van der Waals surface area contributed by atoms with Crippen molar-refractivity contribution in [2.75, 3.05) is 31.6 Å². The van der Waals surface area contributed by atoms with Crippen molar-refractivity contribution in [3.63, 3.8) is 0 Å². The van der Waals surface area contributed by atoms with Crippen molar-refractivity contribution >= 4 is 34.0 Å². The fourth-order valence-electron chi connectivity index (χ4n) is 4.56. The molecule has 0 aliphatic carbocycles. The Hall–Kier alpha value is -3.91. The van der Waals surface area contributed by atoms with Gasteiger partial charge in [-0.05, 0) is 59.2 Å². The maximum absolute atomic E-state index is 13.8. The lowest BCUT2D eigenvalue weighted by molar-refractivity contribution is 0.0342. The number of pyridine rings is 1. The smallest absolute Gasteiger partial charge is 0.163 e. The van der Waals surface area contributed by atoms with Crippen LogP contribution in [0.4, 0.5) is 15.9 Å². The molecule has 190 valence electrons. The molecule has 0 radical (unpaired) electrons. The zero-order chi connectivity index (χ0) is 25.9. The Bertz CT molecular complexity index is 1570. The van der Waals surface area contributed by atoms with Crippen molar-refractivity contribution in [1.29, 1.82) is 0 Å². The molecule has 1 saturated heterocycles. The van der Waals surface area contributed by atoms with Gasteiger partial charge in [0.1, 0.15) is 11.6 Å². The number of anilines is 2. The third kappa shape index (κ3) is 5.36. The summed E-state index contributed by atoms with van der Waals surface area (Å²) in [5.41, 5.74) is 5.64. The molecule has 1 aliphatic heterocycles. The van der Waals surface area contributed by atoms with Crippen LogP contribution in [-0.2, 0) is 11.3 Å². The van der Waals surface area contributed by atoms with Gasteiger partial charge in [0.2, 0.25) is 0 Å². The molecule has 0 bridgehead atoms. The number of nitrogens with one attached hydrogen (secondary N) is 1. The van der Waals surface area contributed by atoms with E-state index in [-0.39, 0.29) is 5.02 Å². The first-order valence-electron chi connectivity index (χ1n) is 12.5. The van der Waals surface area contributed by atoms with Crippen LogP contribution in [0.15, 0.2) is 85.2 Å². The van der Waals surface area contributed by atoms with E-state index in [0.717, 1.165) is 60.4 Å². The second-order valence-corrected chi connectivity index (χ2v) is 9.62. The van der Waals surface area contributed by atoms with Crippen molar-refractivity contribution < 1.29 is 9.13 Å². The largest absolute Gasteiger partial charge is 0.379 e. The van der Waals surface area contributed by atoms with Gasteiger partial charge in [0.15, 0.2) is 5.82 Å². The predicted molar refractivity (Wildman–Crippen MR) is 149 cm³/mol. The number of nitrogens with zero attached hydrogens (tertiary/aromatic N) is 4. The highest BCUT2D eigenvalue weighted by Crippen LogP contribution is 2.32. The highest BCUT2D eigenvalue weighted by molar-refractivity contribution is 6.31. The van der Waals surface area contributed by atoms with E-state index < -0.39 is 5.82 Å². The molecule has 0 spiro atoms. The summed E-state index contributed by atoms with van der Waals surface area (Å²) < 4.78 is 19.2. The van der Waals surface area contributed by atoms with E-state index in [1.165, 1.54) is 11.6 Å². The van der Waals surface area contributed by atoms with E-state index >= 15 is 0 Å². The van der Waals surface area contributed by atoms with Crippen LogP contribution >= 0.6 is 11.6 Å². The lowest BCUT2D eigenvalue weighted by atomic mass is 10.0. The van der Waals surface area contributed by atoms with Gasteiger partial charge >= 0.3 is 0 Å². The topological polar surface area (TPSA) is 63.2 Å². The number of halogens is 2. The van der Waals surface area contributed by atoms with Crippen LogP contribution < -0.4 is 5.32 Å². The molecule has 1 fully saturated rings. The van der Waals surface area contributed by atoms with Crippen molar-refractivity contribution in [3.8, 4) is 22.5 Å². The van der Waals surface area contributed by atoms with Crippen LogP contribution in [0.2, 0.25) is 5.02 Å². The molecule has 5 aromatic rings. The van der Waals surface area contributed by atoms with Gasteiger partial charge in [-0.3, -0.25) is 9.88 Å². The molecule has 1 N–H and O–H groups in total. The van der Waals surface area contributed by atoms with Gasteiger partial charge in [-0.1, -0.05) is 41.9 Å². The van der Waals surface area contributed by atoms with Crippen molar-refractivity contribution in [1.82, 2.24) is 19.9 Å². The highest BCUT2D eigenvalue weighted by Gasteiger charge is 2.14. The quantitative estimate of drug-likeness (QED) is 0.265. The van der Waals surface area contributed by atoms with E-state index in [4.69, 9.17) is 26.3 Å². The Balaban J connectivity index is 1.36. The number of benzene rings is 3. The lowest BCUT2D eigenvalue weighted by Crippen LogP contribution is -2.35. The zero-order valence-electron chi connectivity index (χ0n) is 20.6. The average Bonchev–Trinajstić information content (AvgIpc) is 2.96. The minimum Gasteiger partial charge on any atom is -0.379 e. The Morgan fingerprint density at radius 1 is 0.895 bits per heavy atom. The van der Waals surface area contributed by atoms with E-state index in [9.17, 15) is 4.39 Å². The molecule has 0 amide bonds. The Morgan fingerprint density at radius 3 is 2.47 bits per heavy atom. The van der Waals surface area contributed by atoms with Gasteiger partial charge in [0, 0.05) is 48.7 Å². The zero-order valence-corrected chi connectivity index (χ0v) is 21.3. The molecule has 0 unspecified atom stereocenters. The van der Waals surface area contributed by atoms with E-state index in [1.54, 1.807) is 24.5 Å². The standard InChI is InChI=1S/C30H25ClFN5O/c31-26-17-24(8-9-27(26)32)34-30-25-16-22(7-10-28(25)35-29(36-30)23-2-1-11-33-18-23)21-5-3-20(4-6-21)19-37-12-14-38-15-13-37/h1-11,16-18H,12-15,19H2,(H,34,35,36). The highest BCUT2D eigenvalue weighted by atomic mass is 35.5. The summed E-state index contributed by atoms with van der Waals surface area (Å²) in [5, 5.41) is 4.20. The lowest BCUT2D eigenvalue weighted by Gasteiger charge is -2.26. The summed E-state index contributed by atoms with van der Waals surface area (Å²) in [4.78, 5) is 16.2. The Kier molecular flexibility index (Phi) is 6.96. The van der Waals surface area contributed by atoms with Crippen LogP contribution in [-0.4, -0.2) is 46.2 Å². The average molecular weight is 526 g/mol. The Labute approximate surface area is 225 Å². The molecule has 38 heavy (non-hydrogen) atoms. The summed E-state index contributed by atoms with van der Waals surface area (Å²) in [7, 11) is 0. The maximum Gasteiger partial charge on any atom is 0.163 e. The number of ether oxygens (including phenoxy) is 1. The van der Waals surface area contributed by atoms with Gasteiger partial charge in [-0.2, -0.15) is 0 Å². The number of morpholine rings is 1. The van der Waals surface area contributed by atoms with Crippen LogP contribution in [0.1, 0.15) is 5.56 Å². The fraction of sp³-hybridized carbons (Fsp3) is 0.167. The normalized spacial score (nSPS) is 14.1. The second kappa shape index (κ2) is 10.8. The molecule has 6 nitrogen and oxygen atoms in total. The van der Waals surface area contributed by atoms with E-state index in [1.807, 2.05) is 18.2 Å². The number of aromatic nitrogens is 3. The van der Waals surface area contributed by atoms with Crippen LogP contribution in [0.3, 0.4) is 0 Å². The monoisotopic (exact) mass is 525 g/mol. The van der Waals surface area contributed by atoms with Gasteiger partial charge in [-0.25, -0.2) is 14.4 Å². The first-order chi connectivity index (χ1) is 18.6.